The van der Waals surface area contributed by atoms with Gasteiger partial charge in [0.25, 0.3) is 0 Å². The van der Waals surface area contributed by atoms with Crippen molar-refractivity contribution in [3.8, 4) is 0 Å². The summed E-state index contributed by atoms with van der Waals surface area (Å²) in [5, 5.41) is 2.33. The molecule has 104 valence electrons. The molecular formula is C14H19FN2O2. The molecule has 0 aliphatic carbocycles. The lowest BCUT2D eigenvalue weighted by Gasteiger charge is -2.20. The molecule has 0 fully saturated rings. The Morgan fingerprint density at radius 2 is 2.11 bits per heavy atom. The van der Waals surface area contributed by atoms with Crippen molar-refractivity contribution in [3.63, 3.8) is 0 Å². The number of benzene rings is 1. The first-order valence-electron chi connectivity index (χ1n) is 5.91. The van der Waals surface area contributed by atoms with Gasteiger partial charge in [0.1, 0.15) is 5.82 Å². The number of hydrogen-bond acceptors (Lipinski definition) is 3. The Morgan fingerprint density at radius 3 is 2.58 bits per heavy atom. The van der Waals surface area contributed by atoms with E-state index in [0.717, 1.165) is 5.56 Å². The zero-order chi connectivity index (χ0) is 14.6. The summed E-state index contributed by atoms with van der Waals surface area (Å²) in [6, 6.07) is 4.78. The number of carbonyl (C=O) groups excluding carboxylic acids is 1. The minimum atomic E-state index is -0.750. The molecule has 0 heterocycles. The van der Waals surface area contributed by atoms with E-state index in [2.05, 4.69) is 11.9 Å². The van der Waals surface area contributed by atoms with Gasteiger partial charge in [-0.25, -0.2) is 9.18 Å². The highest BCUT2D eigenvalue weighted by molar-refractivity contribution is 5.85. The molecule has 1 aromatic carbocycles. The molecule has 1 aromatic rings. The van der Waals surface area contributed by atoms with Crippen molar-refractivity contribution in [1.29, 1.82) is 0 Å². The Kier molecular flexibility index (Phi) is 5.06. The number of hydrogen-bond donors (Lipinski definition) is 1. The number of nitrogens with zero attached hydrogens (tertiary/aromatic N) is 1. The number of rotatable bonds is 4. The van der Waals surface area contributed by atoms with Gasteiger partial charge in [-0.1, -0.05) is 12.6 Å². The predicted molar refractivity (Wildman–Crippen MR) is 73.4 cm³/mol. The molecule has 0 saturated heterocycles. The number of halogens is 1. The first-order chi connectivity index (χ1) is 8.81. The molecular weight excluding hydrogens is 247 g/mol. The third-order valence-electron chi connectivity index (χ3n) is 2.75. The summed E-state index contributed by atoms with van der Waals surface area (Å²) in [4.78, 5) is 13.3. The normalized spacial score (nSPS) is 12.1. The van der Waals surface area contributed by atoms with E-state index in [1.165, 1.54) is 19.1 Å². The van der Waals surface area contributed by atoms with Gasteiger partial charge in [-0.15, -0.1) is 0 Å². The van der Waals surface area contributed by atoms with Crippen molar-refractivity contribution in [2.45, 2.75) is 19.9 Å². The molecule has 0 saturated carbocycles. The smallest absolute Gasteiger partial charge is 0.416 e. The van der Waals surface area contributed by atoms with Crippen LogP contribution in [0.25, 0.3) is 0 Å². The van der Waals surface area contributed by atoms with Crippen LogP contribution in [0.2, 0.25) is 0 Å². The standard InChI is InChI=1S/C14H19FN2O2/c1-9(2)19-14(18)16-13-7-6-11(8-12(13)15)10(3)17(4)5/h6-8,10H,1H2,2-5H3,(H,16,18)/t10-/m0/s1. The Labute approximate surface area is 112 Å². The van der Waals surface area contributed by atoms with Gasteiger partial charge in [0.05, 0.1) is 11.4 Å². The quantitative estimate of drug-likeness (QED) is 0.848. The van der Waals surface area contributed by atoms with E-state index >= 15 is 0 Å². The summed E-state index contributed by atoms with van der Waals surface area (Å²) in [6.07, 6.45) is -0.750. The Hall–Kier alpha value is -1.88. The second-order valence-electron chi connectivity index (χ2n) is 4.60. The molecule has 1 amide bonds. The fraction of sp³-hybridized carbons (Fsp3) is 0.357. The van der Waals surface area contributed by atoms with Crippen molar-refractivity contribution < 1.29 is 13.9 Å². The van der Waals surface area contributed by atoms with E-state index in [1.54, 1.807) is 6.07 Å². The van der Waals surface area contributed by atoms with Crippen LogP contribution in [0.15, 0.2) is 30.5 Å². The van der Waals surface area contributed by atoms with Crippen molar-refractivity contribution in [2.24, 2.45) is 0 Å². The lowest BCUT2D eigenvalue weighted by Crippen LogP contribution is -2.17. The maximum atomic E-state index is 13.9. The molecule has 1 rings (SSSR count). The zero-order valence-electron chi connectivity index (χ0n) is 11.7. The fourth-order valence-corrected chi connectivity index (χ4v) is 1.48. The van der Waals surface area contributed by atoms with Gasteiger partial charge in [-0.2, -0.15) is 0 Å². The number of ether oxygens (including phenoxy) is 1. The second kappa shape index (κ2) is 6.33. The minimum absolute atomic E-state index is 0.0842. The number of carbonyl (C=O) groups is 1. The summed E-state index contributed by atoms with van der Waals surface area (Å²) in [6.45, 7) is 6.94. The molecule has 1 atom stereocenters. The van der Waals surface area contributed by atoms with Gasteiger partial charge in [0, 0.05) is 6.04 Å². The summed E-state index contributed by atoms with van der Waals surface area (Å²) in [5.41, 5.74) is 0.919. The molecule has 0 aliphatic heterocycles. The molecule has 5 heteroatoms. The summed E-state index contributed by atoms with van der Waals surface area (Å²) in [7, 11) is 3.83. The van der Waals surface area contributed by atoms with Gasteiger partial charge in [0.15, 0.2) is 0 Å². The molecule has 0 aromatic heterocycles. The predicted octanol–water partition coefficient (Wildman–Crippen LogP) is 3.53. The van der Waals surface area contributed by atoms with Gasteiger partial charge in [-0.05, 0) is 45.6 Å². The minimum Gasteiger partial charge on any atom is -0.416 e. The van der Waals surface area contributed by atoms with Crippen LogP contribution in [-0.4, -0.2) is 25.1 Å². The lowest BCUT2D eigenvalue weighted by atomic mass is 10.1. The number of amides is 1. The average Bonchev–Trinajstić information content (AvgIpc) is 2.29. The third kappa shape index (κ3) is 4.37. The monoisotopic (exact) mass is 266 g/mol. The van der Waals surface area contributed by atoms with Gasteiger partial charge >= 0.3 is 6.09 Å². The first-order valence-corrected chi connectivity index (χ1v) is 5.91. The zero-order valence-corrected chi connectivity index (χ0v) is 11.7. The van der Waals surface area contributed by atoms with Crippen LogP contribution in [0.5, 0.6) is 0 Å². The maximum Gasteiger partial charge on any atom is 0.416 e. The van der Waals surface area contributed by atoms with Crippen LogP contribution < -0.4 is 5.32 Å². The van der Waals surface area contributed by atoms with Gasteiger partial charge < -0.3 is 9.64 Å². The van der Waals surface area contributed by atoms with Crippen LogP contribution in [0.1, 0.15) is 25.5 Å². The van der Waals surface area contributed by atoms with E-state index in [-0.39, 0.29) is 17.5 Å². The topological polar surface area (TPSA) is 41.6 Å². The van der Waals surface area contributed by atoms with E-state index < -0.39 is 11.9 Å². The largest absolute Gasteiger partial charge is 0.416 e. The molecule has 0 spiro atoms. The second-order valence-corrected chi connectivity index (χ2v) is 4.60. The Morgan fingerprint density at radius 1 is 1.47 bits per heavy atom. The Bertz CT molecular complexity index is 486. The number of allylic oxidation sites excluding steroid dienone is 1. The SMILES string of the molecule is C=C(C)OC(=O)Nc1ccc([C@H](C)N(C)C)cc1F. The molecule has 0 radical (unpaired) electrons. The van der Waals surface area contributed by atoms with Crippen LogP contribution in [0, 0.1) is 5.82 Å². The van der Waals surface area contributed by atoms with Crippen molar-refractivity contribution in [3.05, 3.63) is 41.9 Å². The molecule has 0 aliphatic rings. The van der Waals surface area contributed by atoms with Crippen LogP contribution in [0.3, 0.4) is 0 Å². The van der Waals surface area contributed by atoms with E-state index in [9.17, 15) is 9.18 Å². The van der Waals surface area contributed by atoms with E-state index in [1.807, 2.05) is 25.9 Å². The third-order valence-corrected chi connectivity index (χ3v) is 2.75. The molecule has 0 bridgehead atoms. The first kappa shape index (κ1) is 15.2. The fourth-order valence-electron chi connectivity index (χ4n) is 1.48. The number of anilines is 1. The van der Waals surface area contributed by atoms with Crippen molar-refractivity contribution >= 4 is 11.8 Å². The van der Waals surface area contributed by atoms with E-state index in [0.29, 0.717) is 0 Å². The number of nitrogens with one attached hydrogen (secondary N) is 1. The lowest BCUT2D eigenvalue weighted by molar-refractivity contribution is 0.192. The highest BCUT2D eigenvalue weighted by atomic mass is 19.1. The summed E-state index contributed by atoms with van der Waals surface area (Å²) in [5.74, 6) is -0.249. The van der Waals surface area contributed by atoms with Gasteiger partial charge in [-0.3, -0.25) is 5.32 Å². The highest BCUT2D eigenvalue weighted by Crippen LogP contribution is 2.22. The molecule has 0 unspecified atom stereocenters. The van der Waals surface area contributed by atoms with Crippen molar-refractivity contribution in [1.82, 2.24) is 4.90 Å². The highest BCUT2D eigenvalue weighted by Gasteiger charge is 2.13. The maximum absolute atomic E-state index is 13.9. The van der Waals surface area contributed by atoms with Crippen LogP contribution in [0.4, 0.5) is 14.9 Å². The molecule has 19 heavy (non-hydrogen) atoms. The summed E-state index contributed by atoms with van der Waals surface area (Å²) < 4.78 is 18.6. The average molecular weight is 266 g/mol. The Balaban J connectivity index is 2.83. The summed E-state index contributed by atoms with van der Waals surface area (Å²) >= 11 is 0. The van der Waals surface area contributed by atoms with Gasteiger partial charge in [0.2, 0.25) is 0 Å². The van der Waals surface area contributed by atoms with E-state index in [4.69, 9.17) is 4.74 Å². The molecule has 1 N–H and O–H groups in total. The molecule has 4 nitrogen and oxygen atoms in total. The van der Waals surface area contributed by atoms with Crippen LogP contribution >= 0.6 is 0 Å². The van der Waals surface area contributed by atoms with Crippen LogP contribution in [-0.2, 0) is 4.74 Å². The van der Waals surface area contributed by atoms with Crippen molar-refractivity contribution in [2.75, 3.05) is 19.4 Å².